The Hall–Kier alpha value is -3.48. The largest absolute Gasteiger partial charge is 0.334 e. The minimum Gasteiger partial charge on any atom is -0.334 e. The molecule has 1 fully saturated rings. The van der Waals surface area contributed by atoms with Gasteiger partial charge < -0.3 is 14.3 Å². The monoisotopic (exact) mass is 402 g/mol. The van der Waals surface area contributed by atoms with Crippen molar-refractivity contribution in [2.24, 2.45) is 4.99 Å². The van der Waals surface area contributed by atoms with Crippen molar-refractivity contribution in [2.45, 2.75) is 26.3 Å². The zero-order valence-corrected chi connectivity index (χ0v) is 17.6. The van der Waals surface area contributed by atoms with Crippen LogP contribution in [0.3, 0.4) is 0 Å². The zero-order chi connectivity index (χ0) is 21.1. The van der Waals surface area contributed by atoms with Crippen molar-refractivity contribution < 1.29 is 4.52 Å². The van der Waals surface area contributed by atoms with Crippen LogP contribution in [0, 0.1) is 6.92 Å². The van der Waals surface area contributed by atoms with Crippen molar-refractivity contribution in [3.63, 3.8) is 0 Å². The smallest absolute Gasteiger partial charge is 0.258 e. The quantitative estimate of drug-likeness (QED) is 0.638. The number of guanidine groups is 1. The summed E-state index contributed by atoms with van der Waals surface area (Å²) in [4.78, 5) is 17.7. The maximum absolute atomic E-state index is 5.56. The number of aliphatic imine (C=N–C) groups is 1. The molecule has 0 N–H and O–H groups in total. The molecule has 0 saturated carbocycles. The molecule has 0 aliphatic carbocycles. The van der Waals surface area contributed by atoms with Gasteiger partial charge in [0.25, 0.3) is 5.89 Å². The summed E-state index contributed by atoms with van der Waals surface area (Å²) in [6.07, 6.45) is 4.54. The van der Waals surface area contributed by atoms with E-state index in [2.05, 4.69) is 43.4 Å². The number of aromatic nitrogens is 3. The number of nitrogens with zero attached hydrogens (tertiary/aromatic N) is 6. The number of benzene rings is 1. The zero-order valence-electron chi connectivity index (χ0n) is 17.6. The van der Waals surface area contributed by atoms with Crippen LogP contribution in [0.25, 0.3) is 17.2 Å². The highest BCUT2D eigenvalue weighted by atomic mass is 16.5. The Bertz CT molecular complexity index is 1060. The summed E-state index contributed by atoms with van der Waals surface area (Å²) >= 11 is 0. The Labute approximate surface area is 176 Å². The third kappa shape index (κ3) is 3.83. The molecule has 2 aromatic heterocycles. The summed E-state index contributed by atoms with van der Waals surface area (Å²) < 4.78 is 5.56. The van der Waals surface area contributed by atoms with Gasteiger partial charge >= 0.3 is 0 Å². The molecule has 3 aromatic rings. The molecule has 1 aromatic carbocycles. The van der Waals surface area contributed by atoms with E-state index in [4.69, 9.17) is 4.52 Å². The summed E-state index contributed by atoms with van der Waals surface area (Å²) in [5, 5.41) is 4.26. The predicted octanol–water partition coefficient (Wildman–Crippen LogP) is 4.17. The molecule has 0 radical (unpaired) electrons. The number of pyridine rings is 1. The van der Waals surface area contributed by atoms with Gasteiger partial charge in [-0.05, 0) is 44.5 Å². The molecule has 1 saturated heterocycles. The van der Waals surface area contributed by atoms with Gasteiger partial charge in [0.15, 0.2) is 5.82 Å². The number of aryl methyl sites for hydroxylation is 1. The van der Waals surface area contributed by atoms with Gasteiger partial charge in [-0.25, -0.2) is 0 Å². The maximum Gasteiger partial charge on any atom is 0.258 e. The molecule has 0 spiro atoms. The fourth-order valence-corrected chi connectivity index (χ4v) is 3.77. The highest BCUT2D eigenvalue weighted by molar-refractivity contribution is 5.89. The van der Waals surface area contributed by atoms with Gasteiger partial charge in [-0.2, -0.15) is 4.98 Å². The topological polar surface area (TPSA) is 70.7 Å². The summed E-state index contributed by atoms with van der Waals surface area (Å²) in [6, 6.07) is 11.9. The third-order valence-corrected chi connectivity index (χ3v) is 5.37. The second-order valence-corrected chi connectivity index (χ2v) is 7.41. The van der Waals surface area contributed by atoms with E-state index in [0.717, 1.165) is 47.9 Å². The third-order valence-electron chi connectivity index (χ3n) is 5.37. The molecular weight excluding hydrogens is 376 g/mol. The van der Waals surface area contributed by atoms with E-state index in [0.29, 0.717) is 11.7 Å². The van der Waals surface area contributed by atoms with Gasteiger partial charge in [-0.1, -0.05) is 29.4 Å². The van der Waals surface area contributed by atoms with Gasteiger partial charge in [0.2, 0.25) is 5.96 Å². The van der Waals surface area contributed by atoms with Crippen molar-refractivity contribution in [3.05, 3.63) is 72.3 Å². The molecule has 1 aliphatic rings. The molecule has 7 heteroatoms. The number of hydrogen-bond donors (Lipinski definition) is 0. The first kappa shape index (κ1) is 19.8. The Kier molecular flexibility index (Phi) is 5.61. The van der Waals surface area contributed by atoms with Gasteiger partial charge in [0.05, 0.1) is 6.04 Å². The highest BCUT2D eigenvalue weighted by Crippen LogP contribution is 2.29. The van der Waals surface area contributed by atoms with Crippen molar-refractivity contribution in [3.8, 4) is 11.5 Å². The van der Waals surface area contributed by atoms with Crippen molar-refractivity contribution in [2.75, 3.05) is 20.1 Å². The molecule has 154 valence electrons. The molecule has 0 amide bonds. The average Bonchev–Trinajstić information content (AvgIpc) is 3.28. The number of hydrogen-bond acceptors (Lipinski definition) is 5. The van der Waals surface area contributed by atoms with E-state index in [-0.39, 0.29) is 6.04 Å². The Morgan fingerprint density at radius 3 is 2.73 bits per heavy atom. The van der Waals surface area contributed by atoms with Crippen LogP contribution in [-0.4, -0.2) is 51.0 Å². The Balaban J connectivity index is 1.58. The van der Waals surface area contributed by atoms with Gasteiger partial charge in [0.1, 0.15) is 0 Å². The van der Waals surface area contributed by atoms with Crippen LogP contribution in [-0.2, 0) is 0 Å². The van der Waals surface area contributed by atoms with Crippen LogP contribution in [0.1, 0.15) is 36.3 Å². The van der Waals surface area contributed by atoms with Crippen LogP contribution in [0.5, 0.6) is 0 Å². The van der Waals surface area contributed by atoms with Crippen LogP contribution in [0.15, 0.2) is 64.9 Å². The number of rotatable bonds is 5. The minimum atomic E-state index is -0.0842. The predicted molar refractivity (Wildman–Crippen MR) is 118 cm³/mol. The molecule has 3 heterocycles. The van der Waals surface area contributed by atoms with E-state index in [9.17, 15) is 0 Å². The van der Waals surface area contributed by atoms with E-state index in [1.807, 2.05) is 50.4 Å². The summed E-state index contributed by atoms with van der Waals surface area (Å²) in [7, 11) is 1.81. The lowest BCUT2D eigenvalue weighted by Gasteiger charge is -2.42. The normalized spacial score (nSPS) is 16.7. The van der Waals surface area contributed by atoms with E-state index < -0.39 is 0 Å². The second-order valence-electron chi connectivity index (χ2n) is 7.41. The Morgan fingerprint density at radius 2 is 2.00 bits per heavy atom. The first-order valence-corrected chi connectivity index (χ1v) is 10.1. The summed E-state index contributed by atoms with van der Waals surface area (Å²) in [5.41, 5.74) is 4.02. The van der Waals surface area contributed by atoms with Crippen LogP contribution in [0.4, 0.5) is 0 Å². The SMILES string of the molecule is C=C(c1ccncc1)N1CCCN(C(C)c2noc(-c3cccc(C)c3)n2)C1=NC. The molecule has 1 aliphatic heterocycles. The molecule has 1 atom stereocenters. The second kappa shape index (κ2) is 8.49. The van der Waals surface area contributed by atoms with Gasteiger partial charge in [0, 0.05) is 49.4 Å². The van der Waals surface area contributed by atoms with E-state index in [1.165, 1.54) is 0 Å². The van der Waals surface area contributed by atoms with Gasteiger partial charge in [-0.3, -0.25) is 9.98 Å². The lowest BCUT2D eigenvalue weighted by Crippen LogP contribution is -2.50. The first-order chi connectivity index (χ1) is 14.6. The summed E-state index contributed by atoms with van der Waals surface area (Å²) in [5.74, 6) is 2.03. The lowest BCUT2D eigenvalue weighted by atomic mass is 10.1. The lowest BCUT2D eigenvalue weighted by molar-refractivity contribution is 0.243. The van der Waals surface area contributed by atoms with Crippen molar-refractivity contribution in [1.29, 1.82) is 0 Å². The molecule has 0 bridgehead atoms. The molecule has 1 unspecified atom stereocenters. The van der Waals surface area contributed by atoms with Gasteiger partial charge in [-0.15, -0.1) is 0 Å². The van der Waals surface area contributed by atoms with E-state index in [1.54, 1.807) is 12.4 Å². The maximum atomic E-state index is 5.56. The average molecular weight is 403 g/mol. The minimum absolute atomic E-state index is 0.0842. The fourth-order valence-electron chi connectivity index (χ4n) is 3.77. The van der Waals surface area contributed by atoms with Crippen LogP contribution in [0.2, 0.25) is 0 Å². The standard InChI is InChI=1S/C23H26N6O/c1-16-7-5-8-20(15-16)22-26-21(27-30-22)18(3)29-14-6-13-28(23(29)24-4)17(2)19-9-11-25-12-10-19/h5,7-12,15,18H,2,6,13-14H2,1,3-4H3. The highest BCUT2D eigenvalue weighted by Gasteiger charge is 2.31. The fraction of sp³-hybridized carbons (Fsp3) is 0.304. The van der Waals surface area contributed by atoms with Crippen molar-refractivity contribution in [1.82, 2.24) is 24.9 Å². The van der Waals surface area contributed by atoms with Crippen LogP contribution < -0.4 is 0 Å². The molecule has 7 nitrogen and oxygen atoms in total. The van der Waals surface area contributed by atoms with Crippen LogP contribution >= 0.6 is 0 Å². The Morgan fingerprint density at radius 1 is 1.20 bits per heavy atom. The molecule has 30 heavy (non-hydrogen) atoms. The molecule has 4 rings (SSSR count). The molecular formula is C23H26N6O. The summed E-state index contributed by atoms with van der Waals surface area (Å²) in [6.45, 7) is 10.2. The van der Waals surface area contributed by atoms with Crippen molar-refractivity contribution >= 4 is 11.7 Å². The van der Waals surface area contributed by atoms with E-state index >= 15 is 0 Å². The first-order valence-electron chi connectivity index (χ1n) is 10.1.